The molecule has 2 aliphatic heterocycles. The second-order valence-electron chi connectivity index (χ2n) is 9.53. The van der Waals surface area contributed by atoms with Gasteiger partial charge in [0.15, 0.2) is 0 Å². The Balaban J connectivity index is 1.27. The maximum absolute atomic E-state index is 13.3. The Labute approximate surface area is 195 Å². The molecule has 6 nitrogen and oxygen atoms in total. The van der Waals surface area contributed by atoms with E-state index in [1.54, 1.807) is 13.1 Å². The van der Waals surface area contributed by atoms with Gasteiger partial charge in [0.1, 0.15) is 0 Å². The first-order valence-electron chi connectivity index (χ1n) is 11.9. The predicted octanol–water partition coefficient (Wildman–Crippen LogP) is 4.20. The first kappa shape index (κ1) is 21.7. The Morgan fingerprint density at radius 2 is 1.85 bits per heavy atom. The maximum atomic E-state index is 13.3. The highest BCUT2D eigenvalue weighted by atomic mass is 16.2. The van der Waals surface area contributed by atoms with E-state index in [-0.39, 0.29) is 17.9 Å². The monoisotopic (exact) mass is 444 g/mol. The van der Waals surface area contributed by atoms with E-state index in [4.69, 9.17) is 0 Å². The maximum Gasteiger partial charge on any atom is 0.255 e. The number of aromatic nitrogens is 1. The van der Waals surface area contributed by atoms with E-state index >= 15 is 0 Å². The average molecular weight is 445 g/mol. The van der Waals surface area contributed by atoms with E-state index < -0.39 is 0 Å². The van der Waals surface area contributed by atoms with Gasteiger partial charge in [-0.1, -0.05) is 30.3 Å². The number of carbonyl (C=O) groups excluding carboxylic acids is 2. The summed E-state index contributed by atoms with van der Waals surface area (Å²) in [6.07, 6.45) is 4.22. The molecule has 2 aromatic carbocycles. The van der Waals surface area contributed by atoms with Crippen LogP contribution in [0.15, 0.2) is 48.7 Å². The number of nitrogens with one attached hydrogen (secondary N) is 1. The molecule has 0 radical (unpaired) electrons. The van der Waals surface area contributed by atoms with Crippen molar-refractivity contribution in [1.29, 1.82) is 0 Å². The van der Waals surface area contributed by atoms with Crippen molar-refractivity contribution >= 4 is 22.7 Å². The number of para-hydroxylation sites is 1. The molecule has 172 valence electrons. The Morgan fingerprint density at radius 3 is 2.58 bits per heavy atom. The zero-order chi connectivity index (χ0) is 23.1. The summed E-state index contributed by atoms with van der Waals surface area (Å²) < 4.78 is 2.36. The van der Waals surface area contributed by atoms with E-state index in [1.165, 1.54) is 16.5 Å². The van der Waals surface area contributed by atoms with Gasteiger partial charge in [-0.2, -0.15) is 0 Å². The Hall–Kier alpha value is -3.12. The van der Waals surface area contributed by atoms with Crippen LogP contribution in [0.2, 0.25) is 0 Å². The normalized spacial score (nSPS) is 17.2. The van der Waals surface area contributed by atoms with Crippen molar-refractivity contribution in [3.8, 4) is 0 Å². The Kier molecular flexibility index (Phi) is 5.71. The molecule has 1 saturated heterocycles. The van der Waals surface area contributed by atoms with Crippen molar-refractivity contribution in [2.24, 2.45) is 0 Å². The van der Waals surface area contributed by atoms with Crippen LogP contribution in [0.3, 0.4) is 0 Å². The Bertz CT molecular complexity index is 1200. The number of piperidine rings is 1. The van der Waals surface area contributed by atoms with Crippen LogP contribution in [0, 0.1) is 0 Å². The van der Waals surface area contributed by atoms with Crippen molar-refractivity contribution < 1.29 is 9.59 Å². The van der Waals surface area contributed by atoms with Crippen LogP contribution >= 0.6 is 0 Å². The summed E-state index contributed by atoms with van der Waals surface area (Å²) in [5.41, 5.74) is 4.70. The minimum Gasteiger partial charge on any atom is -0.355 e. The van der Waals surface area contributed by atoms with Crippen molar-refractivity contribution in [1.82, 2.24) is 19.7 Å². The fourth-order valence-electron chi connectivity index (χ4n) is 5.46. The lowest BCUT2D eigenvalue weighted by atomic mass is 10.0. The highest BCUT2D eigenvalue weighted by Gasteiger charge is 2.36. The van der Waals surface area contributed by atoms with Gasteiger partial charge in [0.05, 0.1) is 11.1 Å². The summed E-state index contributed by atoms with van der Waals surface area (Å²) in [4.78, 5) is 30.0. The third-order valence-electron chi connectivity index (χ3n) is 7.21. The quantitative estimate of drug-likeness (QED) is 0.642. The first-order chi connectivity index (χ1) is 16.0. The van der Waals surface area contributed by atoms with E-state index in [0.717, 1.165) is 38.0 Å². The first-order valence-corrected chi connectivity index (χ1v) is 11.9. The molecule has 1 fully saturated rings. The highest BCUT2D eigenvalue weighted by Crippen LogP contribution is 2.32. The topological polar surface area (TPSA) is 57.6 Å². The highest BCUT2D eigenvalue weighted by molar-refractivity contribution is 6.09. The van der Waals surface area contributed by atoms with E-state index in [0.29, 0.717) is 23.7 Å². The standard InChI is InChI=1S/C27H32N4O2/c1-18(2)30-17-20(22-8-4-5-10-24(22)30)15-29-13-11-21(12-14-29)31-16-19-7-6-9-23(26(32)28-3)25(19)27(31)33/h4-10,17-18,21H,11-16H2,1-3H3,(H,28,32). The molecule has 2 aliphatic rings. The lowest BCUT2D eigenvalue weighted by molar-refractivity contribution is 0.0588. The molecular weight excluding hydrogens is 412 g/mol. The number of benzene rings is 2. The van der Waals surface area contributed by atoms with Gasteiger partial charge in [0.25, 0.3) is 11.8 Å². The van der Waals surface area contributed by atoms with E-state index in [2.05, 4.69) is 59.1 Å². The molecule has 0 unspecified atom stereocenters. The molecule has 33 heavy (non-hydrogen) atoms. The molecule has 0 bridgehead atoms. The van der Waals surface area contributed by atoms with Gasteiger partial charge in [-0.05, 0) is 49.9 Å². The van der Waals surface area contributed by atoms with E-state index in [9.17, 15) is 9.59 Å². The van der Waals surface area contributed by atoms with Crippen LogP contribution in [-0.2, 0) is 13.1 Å². The van der Waals surface area contributed by atoms with Crippen molar-refractivity contribution in [3.63, 3.8) is 0 Å². The molecule has 5 rings (SSSR count). The molecule has 0 saturated carbocycles. The summed E-state index contributed by atoms with van der Waals surface area (Å²) in [7, 11) is 1.60. The Morgan fingerprint density at radius 1 is 1.09 bits per heavy atom. The van der Waals surface area contributed by atoms with Crippen molar-refractivity contribution in [3.05, 3.63) is 70.9 Å². The zero-order valence-corrected chi connectivity index (χ0v) is 19.7. The second-order valence-corrected chi connectivity index (χ2v) is 9.53. The summed E-state index contributed by atoms with van der Waals surface area (Å²) in [5, 5.41) is 3.99. The summed E-state index contributed by atoms with van der Waals surface area (Å²) >= 11 is 0. The van der Waals surface area contributed by atoms with Crippen molar-refractivity contribution in [2.75, 3.05) is 20.1 Å². The van der Waals surface area contributed by atoms with Gasteiger partial charge in [0, 0.05) is 62.4 Å². The fourth-order valence-corrected chi connectivity index (χ4v) is 5.46. The number of rotatable bonds is 5. The lowest BCUT2D eigenvalue weighted by Gasteiger charge is -2.36. The fraction of sp³-hybridized carbons (Fsp3) is 0.407. The molecular formula is C27H32N4O2. The number of fused-ring (bicyclic) bond motifs is 2. The zero-order valence-electron chi connectivity index (χ0n) is 19.7. The molecule has 1 aromatic heterocycles. The lowest BCUT2D eigenvalue weighted by Crippen LogP contribution is -2.44. The molecule has 6 heteroatoms. The summed E-state index contributed by atoms with van der Waals surface area (Å²) in [5.74, 6) is -0.194. The molecule has 3 aromatic rings. The van der Waals surface area contributed by atoms with Gasteiger partial charge < -0.3 is 14.8 Å². The number of nitrogens with zero attached hydrogens (tertiary/aromatic N) is 3. The summed E-state index contributed by atoms with van der Waals surface area (Å²) in [6.45, 7) is 7.92. The average Bonchev–Trinajstić information content (AvgIpc) is 3.37. The third-order valence-corrected chi connectivity index (χ3v) is 7.21. The molecule has 2 amide bonds. The molecule has 0 atom stereocenters. The van der Waals surface area contributed by atoms with Gasteiger partial charge in [-0.3, -0.25) is 14.5 Å². The minimum absolute atomic E-state index is 0.00246. The van der Waals surface area contributed by atoms with Gasteiger partial charge >= 0.3 is 0 Å². The minimum atomic E-state index is -0.197. The molecule has 1 N–H and O–H groups in total. The van der Waals surface area contributed by atoms with Crippen LogP contribution in [0.4, 0.5) is 0 Å². The second kappa shape index (κ2) is 8.67. The van der Waals surface area contributed by atoms with Crippen molar-refractivity contribution in [2.45, 2.75) is 51.9 Å². The smallest absolute Gasteiger partial charge is 0.255 e. The summed E-state index contributed by atoms with van der Waals surface area (Å²) in [6, 6.07) is 14.9. The van der Waals surface area contributed by atoms with Crippen LogP contribution in [0.5, 0.6) is 0 Å². The number of amides is 2. The molecule has 3 heterocycles. The number of carbonyl (C=O) groups is 2. The van der Waals surface area contributed by atoms with Gasteiger partial charge in [0.2, 0.25) is 0 Å². The molecule has 0 aliphatic carbocycles. The number of likely N-dealkylation sites (tertiary alicyclic amines) is 1. The number of hydrogen-bond acceptors (Lipinski definition) is 3. The predicted molar refractivity (Wildman–Crippen MR) is 130 cm³/mol. The van der Waals surface area contributed by atoms with Crippen LogP contribution in [-0.4, -0.2) is 52.4 Å². The largest absolute Gasteiger partial charge is 0.355 e. The van der Waals surface area contributed by atoms with Gasteiger partial charge in [-0.25, -0.2) is 0 Å². The van der Waals surface area contributed by atoms with Gasteiger partial charge in [-0.15, -0.1) is 0 Å². The SMILES string of the molecule is CNC(=O)c1cccc2c1C(=O)N(C1CCN(Cc3cn(C(C)C)c4ccccc34)CC1)C2. The molecule has 0 spiro atoms. The third kappa shape index (κ3) is 3.82. The van der Waals surface area contributed by atoms with E-state index in [1.807, 2.05) is 17.0 Å². The van der Waals surface area contributed by atoms with Crippen LogP contribution in [0.25, 0.3) is 10.9 Å². The van der Waals surface area contributed by atoms with Crippen LogP contribution in [0.1, 0.15) is 64.6 Å². The number of hydrogen-bond donors (Lipinski definition) is 1. The van der Waals surface area contributed by atoms with Crippen LogP contribution < -0.4 is 5.32 Å².